The molecule has 0 bridgehead atoms. The van der Waals surface area contributed by atoms with Gasteiger partial charge < -0.3 is 15.3 Å². The summed E-state index contributed by atoms with van der Waals surface area (Å²) in [5, 5.41) is 31.4. The van der Waals surface area contributed by atoms with Crippen LogP contribution in [0.4, 0.5) is 0 Å². The second-order valence-electron chi connectivity index (χ2n) is 48.0. The van der Waals surface area contributed by atoms with E-state index in [4.69, 9.17) is 0 Å². The van der Waals surface area contributed by atoms with Gasteiger partial charge in [-0.15, -0.1) is 0 Å². The summed E-state index contributed by atoms with van der Waals surface area (Å²) in [7, 11) is 0. The SMILES string of the molecule is CC(C)CCC[C@@H](C)[C@H]1CCC2C3=C(CC[C@@]21C)[C@@]1(C)CCC(=O)C=C1CC3.CC(C)CCC[C@@H](C)[C@H]1CCC2C3=C(CC[C@@]21C)[C@@]1(C)CC[C@@](C)(O)C=C1CC3.CC(C)CCC[C@@H](C)[C@H]1CCC2C3=C(CC[C@@]21C)[C@@]1(C)CC[C@H](O)CC1=CC3.CC(C)CCC[C@@H](C)[C@H]1CCC2C3=C(CC[C@@]21C)[C@@]1(C)CC[C@](C)(O)C=C1CC3. The normalized spacial score (nSPS) is 41.6. The van der Waals surface area contributed by atoms with Gasteiger partial charge in [0.25, 0.3) is 0 Å². The van der Waals surface area contributed by atoms with Crippen LogP contribution in [0, 0.1) is 138 Å². The van der Waals surface area contributed by atoms with Crippen molar-refractivity contribution in [3.63, 3.8) is 0 Å². The van der Waals surface area contributed by atoms with Crippen LogP contribution in [0.15, 0.2) is 91.2 Å². The van der Waals surface area contributed by atoms with E-state index < -0.39 is 11.2 Å². The molecule has 0 saturated heterocycles. The zero-order chi connectivity index (χ0) is 82.3. The fourth-order valence-corrected chi connectivity index (χ4v) is 32.0. The molecule has 0 aliphatic heterocycles. The summed E-state index contributed by atoms with van der Waals surface area (Å²) >= 11 is 0. The summed E-state index contributed by atoms with van der Waals surface area (Å²) in [4.78, 5) is 12.0. The van der Waals surface area contributed by atoms with Gasteiger partial charge in [-0.05, 0) is 335 Å². The van der Waals surface area contributed by atoms with Crippen LogP contribution in [0.3, 0.4) is 0 Å². The first-order valence-electron chi connectivity index (χ1n) is 50.0. The number of hydrogen-bond donors (Lipinski definition) is 3. The quantitative estimate of drug-likeness (QED) is 0.106. The Morgan fingerprint density at radius 2 is 0.632 bits per heavy atom. The lowest BCUT2D eigenvalue weighted by Gasteiger charge is -2.53. The Morgan fingerprint density at radius 3 is 0.974 bits per heavy atom. The molecule has 0 heterocycles. The molecule has 0 spiro atoms. The Hall–Kier alpha value is -2.53. The third kappa shape index (κ3) is 17.2. The molecule has 0 aromatic rings. The molecule has 5 saturated carbocycles. The number of aliphatic hydroxyl groups excluding tert-OH is 1. The standard InChI is InChI=1S/2C28H46O.C27H44O.C27H42O/c2*1-19(2)8-7-9-20(3)23-12-13-24-22-11-10-21-18-26(4,29)16-17-27(21,5)25(22)14-15-28(23,24)6;2*1-18(2)7-6-8-19(3)23-11-12-24-22-10-9-20-17-21(28)13-15-26(20,4)25(22)14-16-27(23,24)5/h2*18-20,23-24,29H,7-17H2,1-6H3;9,18-19,21,23-24,28H,6-8,10-17H2,1-5H3;17-19,23-24H,6-16H2,1-5H3/t20-,23-,24?,26+,27+,28-;20-,23-,24?,26-,27+,28-;19-,21+,23-,24?,26+,27-;19-,23-,24?,26+,27-/m1111/s1. The number of aliphatic hydroxyl groups is 3. The molecule has 0 radical (unpaired) electrons. The van der Waals surface area contributed by atoms with Crippen LogP contribution in [0.1, 0.15) is 435 Å². The van der Waals surface area contributed by atoms with Crippen molar-refractivity contribution in [2.75, 3.05) is 0 Å². The zero-order valence-electron chi connectivity index (χ0n) is 78.5. The summed E-state index contributed by atoms with van der Waals surface area (Å²) in [6, 6.07) is 0. The first-order chi connectivity index (χ1) is 53.6. The third-order valence-corrected chi connectivity index (χ3v) is 39.0. The number of carbonyl (C=O) groups is 1. The summed E-state index contributed by atoms with van der Waals surface area (Å²) in [5.74, 6) is 14.3. The first kappa shape index (κ1) is 89.2. The fourth-order valence-electron chi connectivity index (χ4n) is 32.0. The monoisotopic (exact) mass is 1560 g/mol. The molecule has 0 amide bonds. The number of allylic oxidation sites excluding steroid dienone is 13. The van der Waals surface area contributed by atoms with Crippen LogP contribution in [-0.2, 0) is 4.79 Å². The van der Waals surface area contributed by atoms with Crippen LogP contribution in [0.2, 0.25) is 0 Å². The van der Waals surface area contributed by atoms with Crippen molar-refractivity contribution >= 4 is 5.78 Å². The van der Waals surface area contributed by atoms with E-state index in [1.165, 1.54) is 224 Å². The maximum Gasteiger partial charge on any atom is 0.155 e. The summed E-state index contributed by atoms with van der Waals surface area (Å²) in [6.07, 6.45) is 65.7. The van der Waals surface area contributed by atoms with Crippen molar-refractivity contribution in [2.45, 2.75) is 452 Å². The Morgan fingerprint density at radius 1 is 0.325 bits per heavy atom. The van der Waals surface area contributed by atoms with Crippen LogP contribution in [0.5, 0.6) is 0 Å². The Labute approximate surface area is 702 Å². The Kier molecular flexibility index (Phi) is 27.1. The molecule has 4 heteroatoms. The first-order valence-corrected chi connectivity index (χ1v) is 50.0. The van der Waals surface area contributed by atoms with Gasteiger partial charge in [-0.1, -0.05) is 301 Å². The molecule has 0 aromatic heterocycles. The molecule has 642 valence electrons. The molecule has 4 nitrogen and oxygen atoms in total. The van der Waals surface area contributed by atoms with Crippen LogP contribution >= 0.6 is 0 Å². The lowest BCUT2D eigenvalue weighted by molar-refractivity contribution is -0.115. The molecule has 5 fully saturated rings. The van der Waals surface area contributed by atoms with Gasteiger partial charge in [-0.2, -0.15) is 0 Å². The van der Waals surface area contributed by atoms with Crippen LogP contribution in [-0.4, -0.2) is 38.4 Å². The molecule has 0 aromatic carbocycles. The molecular weight excluding hydrogens is 1390 g/mol. The van der Waals surface area contributed by atoms with Crippen LogP contribution < -0.4 is 0 Å². The minimum absolute atomic E-state index is 0.0992. The highest BCUT2D eigenvalue weighted by Gasteiger charge is 2.60. The summed E-state index contributed by atoms with van der Waals surface area (Å²) in [6.45, 7) is 53.8. The van der Waals surface area contributed by atoms with E-state index in [9.17, 15) is 20.1 Å². The highest BCUT2D eigenvalue weighted by atomic mass is 16.3. The van der Waals surface area contributed by atoms with Crippen molar-refractivity contribution in [1.29, 1.82) is 0 Å². The molecule has 4 unspecified atom stereocenters. The van der Waals surface area contributed by atoms with Gasteiger partial charge in [0, 0.05) is 28.1 Å². The van der Waals surface area contributed by atoms with Crippen molar-refractivity contribution in [1.82, 2.24) is 0 Å². The van der Waals surface area contributed by atoms with Gasteiger partial charge in [0.2, 0.25) is 0 Å². The molecule has 3 N–H and O–H groups in total. The maximum atomic E-state index is 12.0. The predicted molar refractivity (Wildman–Crippen MR) is 485 cm³/mol. The molecular formula is C110H178O4. The van der Waals surface area contributed by atoms with Gasteiger partial charge in [-0.25, -0.2) is 0 Å². The topological polar surface area (TPSA) is 77.8 Å². The minimum Gasteiger partial charge on any atom is -0.393 e. The number of fused-ring (bicyclic) bond motifs is 16. The number of ketones is 1. The molecule has 16 aliphatic carbocycles. The Bertz CT molecular complexity index is 3570. The van der Waals surface area contributed by atoms with Gasteiger partial charge in [-0.3, -0.25) is 4.79 Å². The maximum absolute atomic E-state index is 12.0. The van der Waals surface area contributed by atoms with Crippen molar-refractivity contribution in [3.05, 3.63) is 91.2 Å². The van der Waals surface area contributed by atoms with Crippen molar-refractivity contribution < 1.29 is 20.1 Å². The van der Waals surface area contributed by atoms with Gasteiger partial charge in [0.1, 0.15) is 0 Å². The van der Waals surface area contributed by atoms with Crippen LogP contribution in [0.25, 0.3) is 0 Å². The predicted octanol–water partition coefficient (Wildman–Crippen LogP) is 30.8. The fraction of sp³-hybridized carbons (Fsp3) is 0.845. The van der Waals surface area contributed by atoms with E-state index in [2.05, 4.69) is 157 Å². The van der Waals surface area contributed by atoms with Crippen molar-refractivity contribution in [2.24, 2.45) is 138 Å². The highest BCUT2D eigenvalue weighted by Crippen LogP contribution is 2.71. The largest absolute Gasteiger partial charge is 0.393 e. The van der Waals surface area contributed by atoms with E-state index in [1.54, 1.807) is 33.4 Å². The Balaban J connectivity index is 0.000000133. The van der Waals surface area contributed by atoms with E-state index in [0.717, 1.165) is 159 Å². The van der Waals surface area contributed by atoms with E-state index in [-0.39, 0.29) is 27.8 Å². The average molecular weight is 1560 g/mol. The second-order valence-corrected chi connectivity index (χ2v) is 48.0. The lowest BCUT2D eigenvalue weighted by atomic mass is 9.52. The van der Waals surface area contributed by atoms with E-state index in [0.29, 0.717) is 27.4 Å². The molecule has 16 aliphatic rings. The van der Waals surface area contributed by atoms with Gasteiger partial charge in [0.15, 0.2) is 5.78 Å². The third-order valence-electron chi connectivity index (χ3n) is 39.0. The summed E-state index contributed by atoms with van der Waals surface area (Å²) in [5.41, 5.74) is 22.7. The van der Waals surface area contributed by atoms with E-state index >= 15 is 0 Å². The zero-order valence-corrected chi connectivity index (χ0v) is 78.5. The number of carbonyl (C=O) groups excluding carboxylic acids is 1. The second kappa shape index (κ2) is 34.6. The number of hydrogen-bond acceptors (Lipinski definition) is 4. The average Bonchev–Trinajstić information content (AvgIpc) is 1.39. The minimum atomic E-state index is -0.583. The van der Waals surface area contributed by atoms with Crippen molar-refractivity contribution in [3.8, 4) is 0 Å². The molecule has 23 atom stereocenters. The molecule has 16 rings (SSSR count). The van der Waals surface area contributed by atoms with Gasteiger partial charge in [0.05, 0.1) is 17.3 Å². The highest BCUT2D eigenvalue weighted by molar-refractivity contribution is 5.92. The summed E-state index contributed by atoms with van der Waals surface area (Å²) < 4.78 is 0. The number of rotatable bonds is 20. The van der Waals surface area contributed by atoms with E-state index in [1.807, 2.05) is 47.8 Å². The smallest absolute Gasteiger partial charge is 0.155 e. The molecule has 114 heavy (non-hydrogen) atoms. The van der Waals surface area contributed by atoms with Gasteiger partial charge >= 0.3 is 0 Å². The lowest BCUT2D eigenvalue weighted by Crippen LogP contribution is -2.43.